The number of amides is 1. The lowest BCUT2D eigenvalue weighted by molar-refractivity contribution is -0.139. The molecule has 1 aromatic heterocycles. The van der Waals surface area contributed by atoms with E-state index >= 15 is 0 Å². The van der Waals surface area contributed by atoms with Crippen molar-refractivity contribution in [2.24, 2.45) is 0 Å². The van der Waals surface area contributed by atoms with Crippen LogP contribution in [0.3, 0.4) is 0 Å². The van der Waals surface area contributed by atoms with Gasteiger partial charge in [-0.25, -0.2) is 0 Å². The van der Waals surface area contributed by atoms with Crippen molar-refractivity contribution in [1.82, 2.24) is 9.88 Å². The van der Waals surface area contributed by atoms with E-state index in [0.29, 0.717) is 12.1 Å². The Kier molecular flexibility index (Phi) is 5.91. The molecule has 0 aliphatic carbocycles. The number of hydrogen-bond donors (Lipinski definition) is 2. The number of likely N-dealkylation sites (tertiary alicyclic amines) is 1. The number of rotatable bonds is 5. The third-order valence-electron chi connectivity index (χ3n) is 6.57. The number of aryl methyl sites for hydroxylation is 1. The van der Waals surface area contributed by atoms with E-state index in [9.17, 15) is 14.7 Å². The summed E-state index contributed by atoms with van der Waals surface area (Å²) in [5, 5.41) is 12.5. The molecule has 2 N–H and O–H groups in total. The van der Waals surface area contributed by atoms with Crippen LogP contribution in [0.5, 0.6) is 0 Å². The number of carbonyl (C=O) groups excluding carboxylic acids is 2. The zero-order chi connectivity index (χ0) is 23.9. The number of H-pyrrole nitrogens is 1. The van der Waals surface area contributed by atoms with Crippen LogP contribution in [0.25, 0.3) is 16.7 Å². The molecule has 0 saturated carbocycles. The lowest BCUT2D eigenvalue weighted by Crippen LogP contribution is -2.30. The maximum Gasteiger partial charge on any atom is 0.295 e. The van der Waals surface area contributed by atoms with Gasteiger partial charge in [-0.15, -0.1) is 0 Å². The first kappa shape index (κ1) is 22.8. The smallest absolute Gasteiger partial charge is 0.295 e. The summed E-state index contributed by atoms with van der Waals surface area (Å²) in [5.41, 5.74) is 4.31. The number of nitrogens with one attached hydrogen (secondary N) is 1. The number of fused-ring (bicyclic) bond motifs is 1. The minimum atomic E-state index is -0.634. The first-order valence-electron chi connectivity index (χ1n) is 11.6. The molecule has 1 atom stereocenters. The number of aliphatic hydroxyl groups is 1. The molecule has 1 amide bonds. The average Bonchev–Trinajstić information content (AvgIpc) is 3.30. The van der Waals surface area contributed by atoms with Crippen LogP contribution in [0.2, 0.25) is 0 Å². The van der Waals surface area contributed by atoms with Gasteiger partial charge in [0.05, 0.1) is 11.6 Å². The van der Waals surface area contributed by atoms with Crippen molar-refractivity contribution < 1.29 is 14.7 Å². The number of aliphatic hydroxyl groups excluding tert-OH is 1. The van der Waals surface area contributed by atoms with Gasteiger partial charge in [0.2, 0.25) is 0 Å². The van der Waals surface area contributed by atoms with Gasteiger partial charge in [0, 0.05) is 34.8 Å². The maximum absolute atomic E-state index is 13.3. The number of para-hydroxylation sites is 1. The van der Waals surface area contributed by atoms with E-state index in [-0.39, 0.29) is 16.7 Å². The first-order valence-corrected chi connectivity index (χ1v) is 11.6. The molecular weight excluding hydrogens is 412 g/mol. The van der Waals surface area contributed by atoms with E-state index in [1.165, 1.54) is 0 Å². The van der Waals surface area contributed by atoms with Crippen molar-refractivity contribution >= 4 is 28.4 Å². The molecule has 2 heterocycles. The third-order valence-corrected chi connectivity index (χ3v) is 6.57. The van der Waals surface area contributed by atoms with Crippen LogP contribution in [-0.2, 0) is 15.0 Å². The highest BCUT2D eigenvalue weighted by atomic mass is 16.3. The summed E-state index contributed by atoms with van der Waals surface area (Å²) < 4.78 is 0. The summed E-state index contributed by atoms with van der Waals surface area (Å²) >= 11 is 0. The zero-order valence-corrected chi connectivity index (χ0v) is 20.0. The first-order chi connectivity index (χ1) is 15.6. The Bertz CT molecular complexity index is 1260. The molecule has 0 spiro atoms. The van der Waals surface area contributed by atoms with Gasteiger partial charge < -0.3 is 15.0 Å². The highest BCUT2D eigenvalue weighted by Crippen LogP contribution is 2.42. The maximum atomic E-state index is 13.3. The van der Waals surface area contributed by atoms with Crippen molar-refractivity contribution in [2.75, 3.05) is 6.54 Å². The van der Waals surface area contributed by atoms with Crippen LogP contribution in [0, 0.1) is 6.92 Å². The van der Waals surface area contributed by atoms with E-state index in [2.05, 4.69) is 32.7 Å². The zero-order valence-electron chi connectivity index (χ0n) is 20.0. The lowest BCUT2D eigenvalue weighted by atomic mass is 9.84. The Morgan fingerprint density at radius 3 is 2.55 bits per heavy atom. The summed E-state index contributed by atoms with van der Waals surface area (Å²) in [7, 11) is 0. The molecule has 1 aliphatic heterocycles. The molecule has 0 bridgehead atoms. The van der Waals surface area contributed by atoms with E-state index in [1.54, 1.807) is 4.90 Å². The molecule has 2 aromatic carbocycles. The highest BCUT2D eigenvalue weighted by molar-refractivity contribution is 6.46. The second-order valence-corrected chi connectivity index (χ2v) is 9.92. The summed E-state index contributed by atoms with van der Waals surface area (Å²) in [6.07, 6.45) is 3.53. The van der Waals surface area contributed by atoms with Crippen LogP contribution in [-0.4, -0.2) is 33.2 Å². The molecule has 0 radical (unpaired) electrons. The molecule has 172 valence electrons. The number of Topliss-reactive ketones (excluding diaryl/α,β-unsaturated/α-hetero) is 1. The Hall–Kier alpha value is -3.34. The number of ketones is 1. The van der Waals surface area contributed by atoms with Crippen molar-refractivity contribution in [3.8, 4) is 0 Å². The molecule has 1 fully saturated rings. The standard InChI is InChI=1S/C28H32N2O3/c1-6-7-14-30-24(21-16-29-22-11-9-8-10-19(21)22)23(26(32)27(30)33)25(31)20-15-18(28(3,4)5)13-12-17(20)2/h8-13,15-16,24,29,31H,6-7,14H2,1-5H3/b25-23+. The summed E-state index contributed by atoms with van der Waals surface area (Å²) in [5.74, 6) is -1.28. The number of unbranched alkanes of at least 4 members (excludes halogenated alkanes) is 1. The largest absolute Gasteiger partial charge is 0.507 e. The second-order valence-electron chi connectivity index (χ2n) is 9.92. The van der Waals surface area contributed by atoms with Gasteiger partial charge in [0.1, 0.15) is 5.76 Å². The summed E-state index contributed by atoms with van der Waals surface area (Å²) in [6.45, 7) is 10.8. The van der Waals surface area contributed by atoms with Crippen LogP contribution >= 0.6 is 0 Å². The van der Waals surface area contributed by atoms with Crippen LogP contribution in [0.4, 0.5) is 0 Å². The van der Waals surface area contributed by atoms with Gasteiger partial charge in [-0.1, -0.05) is 64.4 Å². The predicted molar refractivity (Wildman–Crippen MR) is 132 cm³/mol. The van der Waals surface area contributed by atoms with Crippen molar-refractivity contribution in [3.05, 3.63) is 76.5 Å². The minimum absolute atomic E-state index is 0.105. The van der Waals surface area contributed by atoms with Gasteiger partial charge in [-0.05, 0) is 42.0 Å². The molecule has 1 aliphatic rings. The number of aromatic nitrogens is 1. The monoisotopic (exact) mass is 444 g/mol. The number of nitrogens with zero attached hydrogens (tertiary/aromatic N) is 1. The van der Waals surface area contributed by atoms with Crippen LogP contribution in [0.15, 0.2) is 54.2 Å². The van der Waals surface area contributed by atoms with Gasteiger partial charge in [-0.2, -0.15) is 0 Å². The Labute approximate surface area is 195 Å². The summed E-state index contributed by atoms with van der Waals surface area (Å²) in [4.78, 5) is 31.3. The highest BCUT2D eigenvalue weighted by Gasteiger charge is 2.46. The third kappa shape index (κ3) is 3.97. The fourth-order valence-electron chi connectivity index (χ4n) is 4.57. The van der Waals surface area contributed by atoms with Gasteiger partial charge in [-0.3, -0.25) is 9.59 Å². The van der Waals surface area contributed by atoms with E-state index in [0.717, 1.165) is 40.4 Å². The topological polar surface area (TPSA) is 73.4 Å². The lowest BCUT2D eigenvalue weighted by Gasteiger charge is -2.25. The van der Waals surface area contributed by atoms with Crippen LogP contribution in [0.1, 0.15) is 68.8 Å². The molecule has 1 unspecified atom stereocenters. The molecule has 33 heavy (non-hydrogen) atoms. The molecule has 5 nitrogen and oxygen atoms in total. The van der Waals surface area contributed by atoms with Crippen molar-refractivity contribution in [1.29, 1.82) is 0 Å². The fourth-order valence-corrected chi connectivity index (χ4v) is 4.57. The number of carbonyl (C=O) groups is 2. The number of hydrogen-bond acceptors (Lipinski definition) is 3. The normalized spacial score (nSPS) is 18.5. The Balaban J connectivity index is 1.96. The average molecular weight is 445 g/mol. The van der Waals surface area contributed by atoms with Crippen molar-refractivity contribution in [2.45, 2.75) is 58.9 Å². The molecule has 5 heteroatoms. The van der Waals surface area contributed by atoms with Gasteiger partial charge in [0.15, 0.2) is 0 Å². The fraction of sp³-hybridized carbons (Fsp3) is 0.357. The predicted octanol–water partition coefficient (Wildman–Crippen LogP) is 6.00. The van der Waals surface area contributed by atoms with Gasteiger partial charge in [0.25, 0.3) is 11.7 Å². The minimum Gasteiger partial charge on any atom is -0.507 e. The van der Waals surface area contributed by atoms with Crippen molar-refractivity contribution in [3.63, 3.8) is 0 Å². The molecule has 1 saturated heterocycles. The van der Waals surface area contributed by atoms with E-state index < -0.39 is 17.7 Å². The number of aromatic amines is 1. The Morgan fingerprint density at radius 2 is 1.85 bits per heavy atom. The SMILES string of the molecule is CCCCN1C(=O)C(=O)/C(=C(/O)c2cc(C(C)(C)C)ccc2C)C1c1c[nH]c2ccccc12. The second kappa shape index (κ2) is 8.54. The summed E-state index contributed by atoms with van der Waals surface area (Å²) in [6, 6.07) is 13.1. The van der Waals surface area contributed by atoms with Gasteiger partial charge >= 0.3 is 0 Å². The Morgan fingerprint density at radius 1 is 1.12 bits per heavy atom. The van der Waals surface area contributed by atoms with Crippen LogP contribution < -0.4 is 0 Å². The quantitative estimate of drug-likeness (QED) is 0.288. The molecular formula is C28H32N2O3. The molecule has 4 rings (SSSR count). The number of benzene rings is 2. The molecule has 3 aromatic rings. The van der Waals surface area contributed by atoms with E-state index in [4.69, 9.17) is 0 Å². The van der Waals surface area contributed by atoms with E-state index in [1.807, 2.05) is 55.6 Å².